The molecule has 0 saturated carbocycles. The zero-order valence-corrected chi connectivity index (χ0v) is 12.7. The predicted octanol–water partition coefficient (Wildman–Crippen LogP) is 1.54. The lowest BCUT2D eigenvalue weighted by molar-refractivity contribution is 0.340. The second-order valence-electron chi connectivity index (χ2n) is 7.09. The molecule has 5 heteroatoms. The quantitative estimate of drug-likeness (QED) is 0.814. The molecule has 110 valence electrons. The van der Waals surface area contributed by atoms with Crippen LogP contribution in [0.5, 0.6) is 0 Å². The molecule has 0 radical (unpaired) electrons. The van der Waals surface area contributed by atoms with Gasteiger partial charge in [-0.15, -0.1) is 0 Å². The Morgan fingerprint density at radius 3 is 2.80 bits per heavy atom. The predicted molar refractivity (Wildman–Crippen MR) is 81.9 cm³/mol. The van der Waals surface area contributed by atoms with Crippen LogP contribution in [0.1, 0.15) is 39.3 Å². The van der Waals surface area contributed by atoms with Gasteiger partial charge in [0.15, 0.2) is 0 Å². The van der Waals surface area contributed by atoms with Gasteiger partial charge in [-0.1, -0.05) is 20.8 Å². The maximum Gasteiger partial charge on any atom is 0.222 e. The molecule has 20 heavy (non-hydrogen) atoms. The fourth-order valence-corrected chi connectivity index (χ4v) is 3.23. The summed E-state index contributed by atoms with van der Waals surface area (Å²) in [6.45, 7) is 9.73. The Balaban J connectivity index is 1.85. The molecule has 2 saturated heterocycles. The van der Waals surface area contributed by atoms with Crippen molar-refractivity contribution in [3.8, 4) is 0 Å². The number of nitrogens with one attached hydrogen (secondary N) is 1. The molecule has 2 fully saturated rings. The number of rotatable bonds is 1. The van der Waals surface area contributed by atoms with Crippen LogP contribution in [0, 0.1) is 5.92 Å². The van der Waals surface area contributed by atoms with Crippen molar-refractivity contribution in [2.45, 2.75) is 45.1 Å². The number of hydrogen-bond acceptors (Lipinski definition) is 5. The Kier molecular flexibility index (Phi) is 3.32. The summed E-state index contributed by atoms with van der Waals surface area (Å²) in [5, 5.41) is 3.62. The molecule has 0 aliphatic carbocycles. The lowest BCUT2D eigenvalue weighted by Gasteiger charge is -2.24. The first kappa shape index (κ1) is 13.6. The normalized spacial score (nSPS) is 26.6. The molecule has 1 unspecified atom stereocenters. The summed E-state index contributed by atoms with van der Waals surface area (Å²) in [5.74, 6) is 2.12. The topological polar surface area (TPSA) is 67.1 Å². The monoisotopic (exact) mass is 275 g/mol. The molecule has 5 nitrogen and oxygen atoms in total. The second kappa shape index (κ2) is 4.88. The number of piperidine rings is 1. The van der Waals surface area contributed by atoms with E-state index in [1.54, 1.807) is 0 Å². The zero-order chi connectivity index (χ0) is 14.3. The smallest absolute Gasteiger partial charge is 0.222 e. The van der Waals surface area contributed by atoms with Crippen LogP contribution in [0.15, 0.2) is 6.07 Å². The van der Waals surface area contributed by atoms with Crippen molar-refractivity contribution in [1.29, 1.82) is 0 Å². The fourth-order valence-electron chi connectivity index (χ4n) is 3.23. The highest BCUT2D eigenvalue weighted by Gasteiger charge is 2.35. The van der Waals surface area contributed by atoms with Gasteiger partial charge in [0.2, 0.25) is 5.95 Å². The third kappa shape index (κ3) is 2.59. The minimum atomic E-state index is -0.00343. The van der Waals surface area contributed by atoms with Gasteiger partial charge in [0.25, 0.3) is 0 Å². The molecular formula is C15H25N5. The summed E-state index contributed by atoms with van der Waals surface area (Å²) in [6.07, 6.45) is 2.61. The number of aromatic nitrogens is 2. The van der Waals surface area contributed by atoms with E-state index in [4.69, 9.17) is 5.73 Å². The first-order chi connectivity index (χ1) is 9.43. The SMILES string of the molecule is CC(C)(C)c1cc(N2CC3NCCC[C@@H]3C2)nc(N)n1. The third-order valence-electron chi connectivity index (χ3n) is 4.42. The summed E-state index contributed by atoms with van der Waals surface area (Å²) in [6, 6.07) is 2.71. The Morgan fingerprint density at radius 1 is 1.30 bits per heavy atom. The Morgan fingerprint density at radius 2 is 2.10 bits per heavy atom. The van der Waals surface area contributed by atoms with Gasteiger partial charge >= 0.3 is 0 Å². The van der Waals surface area contributed by atoms with Gasteiger partial charge in [-0.2, -0.15) is 4.98 Å². The molecule has 3 heterocycles. The molecule has 2 atom stereocenters. The number of hydrogen-bond donors (Lipinski definition) is 2. The van der Waals surface area contributed by atoms with Gasteiger partial charge in [-0.05, 0) is 25.3 Å². The molecular weight excluding hydrogens is 250 g/mol. The van der Waals surface area contributed by atoms with Gasteiger partial charge in [0.05, 0.1) is 5.69 Å². The van der Waals surface area contributed by atoms with Gasteiger partial charge in [-0.25, -0.2) is 4.98 Å². The molecule has 2 aliphatic rings. The molecule has 0 spiro atoms. The molecule has 0 bridgehead atoms. The van der Waals surface area contributed by atoms with E-state index in [1.807, 2.05) is 0 Å². The van der Waals surface area contributed by atoms with Crippen molar-refractivity contribution in [2.75, 3.05) is 30.3 Å². The molecule has 1 aromatic heterocycles. The molecule has 2 aliphatic heterocycles. The summed E-state index contributed by atoms with van der Waals surface area (Å²) in [7, 11) is 0. The number of anilines is 2. The standard InChI is InChI=1S/C15H25N5/c1-15(2,3)12-7-13(19-14(16)18-12)20-8-10-5-4-6-17-11(10)9-20/h7,10-11,17H,4-6,8-9H2,1-3H3,(H2,16,18,19)/t10-,11?/m1/s1. The lowest BCUT2D eigenvalue weighted by Crippen LogP contribution is -2.40. The average Bonchev–Trinajstić information content (AvgIpc) is 2.80. The average molecular weight is 275 g/mol. The number of nitrogen functional groups attached to an aromatic ring is 1. The van der Waals surface area contributed by atoms with Crippen molar-refractivity contribution in [2.24, 2.45) is 5.92 Å². The van der Waals surface area contributed by atoms with Crippen molar-refractivity contribution in [3.63, 3.8) is 0 Å². The van der Waals surface area contributed by atoms with Crippen LogP contribution in [0.3, 0.4) is 0 Å². The van der Waals surface area contributed by atoms with Crippen LogP contribution in [-0.2, 0) is 5.41 Å². The summed E-state index contributed by atoms with van der Waals surface area (Å²) >= 11 is 0. The molecule has 0 amide bonds. The fraction of sp³-hybridized carbons (Fsp3) is 0.733. The molecule has 3 rings (SSSR count). The second-order valence-corrected chi connectivity index (χ2v) is 7.09. The van der Waals surface area contributed by atoms with E-state index >= 15 is 0 Å². The molecule has 1 aromatic rings. The van der Waals surface area contributed by atoms with Crippen molar-refractivity contribution in [3.05, 3.63) is 11.8 Å². The van der Waals surface area contributed by atoms with E-state index in [2.05, 4.69) is 47.0 Å². The zero-order valence-electron chi connectivity index (χ0n) is 12.7. The van der Waals surface area contributed by atoms with E-state index in [0.29, 0.717) is 12.0 Å². The number of nitrogens with zero attached hydrogens (tertiary/aromatic N) is 3. The van der Waals surface area contributed by atoms with Crippen molar-refractivity contribution < 1.29 is 0 Å². The maximum atomic E-state index is 5.91. The van der Waals surface area contributed by atoms with E-state index in [1.165, 1.54) is 12.8 Å². The van der Waals surface area contributed by atoms with Crippen molar-refractivity contribution >= 4 is 11.8 Å². The summed E-state index contributed by atoms with van der Waals surface area (Å²) in [4.78, 5) is 11.2. The van der Waals surface area contributed by atoms with Crippen LogP contribution in [0.2, 0.25) is 0 Å². The van der Waals surface area contributed by atoms with Crippen LogP contribution in [0.25, 0.3) is 0 Å². The largest absolute Gasteiger partial charge is 0.368 e. The Hall–Kier alpha value is -1.36. The highest BCUT2D eigenvalue weighted by atomic mass is 15.3. The van der Waals surface area contributed by atoms with Crippen LogP contribution < -0.4 is 16.0 Å². The van der Waals surface area contributed by atoms with Crippen LogP contribution in [-0.4, -0.2) is 35.6 Å². The summed E-state index contributed by atoms with van der Waals surface area (Å²) < 4.78 is 0. The first-order valence-electron chi connectivity index (χ1n) is 7.57. The Labute approximate surface area is 121 Å². The van der Waals surface area contributed by atoms with Crippen LogP contribution >= 0.6 is 0 Å². The number of fused-ring (bicyclic) bond motifs is 1. The minimum absolute atomic E-state index is 0.00343. The van der Waals surface area contributed by atoms with E-state index in [0.717, 1.165) is 37.1 Å². The van der Waals surface area contributed by atoms with E-state index in [-0.39, 0.29) is 5.41 Å². The van der Waals surface area contributed by atoms with Crippen molar-refractivity contribution in [1.82, 2.24) is 15.3 Å². The van der Waals surface area contributed by atoms with E-state index in [9.17, 15) is 0 Å². The molecule has 0 aromatic carbocycles. The highest BCUT2D eigenvalue weighted by molar-refractivity contribution is 5.46. The minimum Gasteiger partial charge on any atom is -0.368 e. The van der Waals surface area contributed by atoms with Gasteiger partial charge in [0.1, 0.15) is 5.82 Å². The number of nitrogens with two attached hydrogens (primary N) is 1. The third-order valence-corrected chi connectivity index (χ3v) is 4.42. The van der Waals surface area contributed by atoms with Gasteiger partial charge in [0, 0.05) is 30.6 Å². The van der Waals surface area contributed by atoms with Gasteiger partial charge in [-0.3, -0.25) is 0 Å². The maximum absolute atomic E-state index is 5.91. The molecule has 3 N–H and O–H groups in total. The Bertz CT molecular complexity index is 480. The first-order valence-corrected chi connectivity index (χ1v) is 7.57. The summed E-state index contributed by atoms with van der Waals surface area (Å²) in [5.41, 5.74) is 6.92. The lowest BCUT2D eigenvalue weighted by atomic mass is 9.92. The highest BCUT2D eigenvalue weighted by Crippen LogP contribution is 2.30. The van der Waals surface area contributed by atoms with Gasteiger partial charge < -0.3 is 16.0 Å². The van der Waals surface area contributed by atoms with E-state index < -0.39 is 0 Å². The van der Waals surface area contributed by atoms with Crippen LogP contribution in [0.4, 0.5) is 11.8 Å².